The summed E-state index contributed by atoms with van der Waals surface area (Å²) in [4.78, 5) is 4.52. The summed E-state index contributed by atoms with van der Waals surface area (Å²) in [5.41, 5.74) is 3.66. The third-order valence-corrected chi connectivity index (χ3v) is 3.84. The maximum absolute atomic E-state index is 6.20. The summed E-state index contributed by atoms with van der Waals surface area (Å²) in [7, 11) is 0. The van der Waals surface area contributed by atoms with Gasteiger partial charge in [0.15, 0.2) is 0 Å². The van der Waals surface area contributed by atoms with E-state index in [1.165, 1.54) is 0 Å². The fraction of sp³-hybridized carbons (Fsp3) is 0.133. The summed E-state index contributed by atoms with van der Waals surface area (Å²) in [6.45, 7) is 2.53. The zero-order chi connectivity index (χ0) is 14.1. The first-order valence-corrected chi connectivity index (χ1v) is 7.01. The molecule has 0 bridgehead atoms. The molecule has 0 unspecified atom stereocenters. The van der Waals surface area contributed by atoms with E-state index < -0.39 is 0 Å². The van der Waals surface area contributed by atoms with E-state index in [0.717, 1.165) is 22.6 Å². The number of hydrogen-bond acceptors (Lipinski definition) is 2. The number of halogens is 2. The molecule has 0 fully saturated rings. The second-order valence-electron chi connectivity index (χ2n) is 4.63. The van der Waals surface area contributed by atoms with Crippen molar-refractivity contribution in [3.63, 3.8) is 0 Å². The first kappa shape index (κ1) is 13.3. The number of fused-ring (bicyclic) bond motifs is 1. The average molecular weight is 306 g/mol. The van der Waals surface area contributed by atoms with Gasteiger partial charge in [-0.05, 0) is 36.8 Å². The summed E-state index contributed by atoms with van der Waals surface area (Å²) in [6, 6.07) is 9.61. The van der Waals surface area contributed by atoms with E-state index in [2.05, 4.69) is 10.3 Å². The van der Waals surface area contributed by atoms with Crippen molar-refractivity contribution in [3.05, 3.63) is 64.0 Å². The number of aromatic nitrogens is 2. The number of nitrogens with zero attached hydrogens (tertiary/aromatic N) is 2. The fourth-order valence-electron chi connectivity index (χ4n) is 2.04. The molecule has 0 aliphatic rings. The van der Waals surface area contributed by atoms with Gasteiger partial charge in [-0.25, -0.2) is 4.98 Å². The van der Waals surface area contributed by atoms with Crippen molar-refractivity contribution in [1.82, 2.24) is 9.38 Å². The highest BCUT2D eigenvalue weighted by atomic mass is 35.5. The van der Waals surface area contributed by atoms with Crippen LogP contribution in [0.4, 0.5) is 5.69 Å². The minimum atomic E-state index is 0.598. The van der Waals surface area contributed by atoms with Crippen LogP contribution in [0.25, 0.3) is 5.65 Å². The normalized spacial score (nSPS) is 10.9. The highest BCUT2D eigenvalue weighted by Crippen LogP contribution is 2.29. The van der Waals surface area contributed by atoms with E-state index in [1.807, 2.05) is 54.0 Å². The van der Waals surface area contributed by atoms with Crippen molar-refractivity contribution in [3.8, 4) is 0 Å². The molecule has 0 atom stereocenters. The second-order valence-corrected chi connectivity index (χ2v) is 5.45. The molecule has 20 heavy (non-hydrogen) atoms. The molecule has 2 heterocycles. The summed E-state index contributed by atoms with van der Waals surface area (Å²) in [6.07, 6.45) is 3.97. The van der Waals surface area contributed by atoms with Gasteiger partial charge < -0.3 is 9.72 Å². The molecule has 102 valence electrons. The Morgan fingerprint density at radius 3 is 2.85 bits per heavy atom. The summed E-state index contributed by atoms with van der Waals surface area (Å²) in [5, 5.41) is 4.63. The predicted molar refractivity (Wildman–Crippen MR) is 83.7 cm³/mol. The molecule has 2 aromatic heterocycles. The molecule has 0 amide bonds. The van der Waals surface area contributed by atoms with Crippen LogP contribution in [0, 0.1) is 6.92 Å². The third kappa shape index (κ3) is 2.60. The highest BCUT2D eigenvalue weighted by Gasteiger charge is 2.06. The van der Waals surface area contributed by atoms with Gasteiger partial charge in [-0.2, -0.15) is 0 Å². The molecule has 3 rings (SSSR count). The zero-order valence-electron chi connectivity index (χ0n) is 10.9. The lowest BCUT2D eigenvalue weighted by Crippen LogP contribution is -2.00. The van der Waals surface area contributed by atoms with Crippen LogP contribution in [0.3, 0.4) is 0 Å². The Balaban J connectivity index is 1.81. The highest BCUT2D eigenvalue weighted by molar-refractivity contribution is 6.35. The molecule has 1 aromatic carbocycles. The first-order chi connectivity index (χ1) is 9.63. The van der Waals surface area contributed by atoms with Crippen molar-refractivity contribution in [2.45, 2.75) is 13.5 Å². The largest absolute Gasteiger partial charge is 0.378 e. The molecule has 0 spiro atoms. The van der Waals surface area contributed by atoms with Crippen molar-refractivity contribution < 1.29 is 0 Å². The molecule has 0 saturated carbocycles. The molecule has 1 N–H and O–H groups in total. The van der Waals surface area contributed by atoms with Gasteiger partial charge in [0.25, 0.3) is 0 Å². The molecule has 3 aromatic rings. The number of pyridine rings is 1. The first-order valence-electron chi connectivity index (χ1n) is 6.25. The number of imidazole rings is 1. The fourth-order valence-corrected chi connectivity index (χ4v) is 2.49. The number of hydrogen-bond donors (Lipinski definition) is 1. The van der Waals surface area contributed by atoms with Gasteiger partial charge in [-0.3, -0.25) is 0 Å². The standard InChI is InChI=1S/C15H13Cl2N3/c1-10-6-13(17)14(7-12(10)16)18-8-11-9-20-5-3-2-4-15(20)19-11/h2-7,9,18H,8H2,1H3. The number of aryl methyl sites for hydroxylation is 1. The van der Waals surface area contributed by atoms with Gasteiger partial charge >= 0.3 is 0 Å². The lowest BCUT2D eigenvalue weighted by Gasteiger charge is -2.09. The van der Waals surface area contributed by atoms with Crippen LogP contribution < -0.4 is 5.32 Å². The summed E-state index contributed by atoms with van der Waals surface area (Å²) < 4.78 is 1.99. The Labute approximate surface area is 127 Å². The second kappa shape index (κ2) is 5.35. The molecule has 3 nitrogen and oxygen atoms in total. The number of benzene rings is 1. The molecular weight excluding hydrogens is 293 g/mol. The molecule has 0 aliphatic heterocycles. The SMILES string of the molecule is Cc1cc(Cl)c(NCc2cn3ccccc3n2)cc1Cl. The predicted octanol–water partition coefficient (Wildman–Crippen LogP) is 4.56. The van der Waals surface area contributed by atoms with Gasteiger partial charge in [0.1, 0.15) is 5.65 Å². The van der Waals surface area contributed by atoms with Crippen LogP contribution >= 0.6 is 23.2 Å². The van der Waals surface area contributed by atoms with Crippen molar-refractivity contribution >= 4 is 34.5 Å². The van der Waals surface area contributed by atoms with Gasteiger partial charge in [-0.1, -0.05) is 29.3 Å². The van der Waals surface area contributed by atoms with Crippen molar-refractivity contribution in [1.29, 1.82) is 0 Å². The van der Waals surface area contributed by atoms with Crippen molar-refractivity contribution in [2.24, 2.45) is 0 Å². The lowest BCUT2D eigenvalue weighted by molar-refractivity contribution is 1.08. The molecule has 0 saturated heterocycles. The molecule has 0 aliphatic carbocycles. The van der Waals surface area contributed by atoms with E-state index in [-0.39, 0.29) is 0 Å². The molecule has 5 heteroatoms. The smallest absolute Gasteiger partial charge is 0.137 e. The molecule has 0 radical (unpaired) electrons. The number of anilines is 1. The quantitative estimate of drug-likeness (QED) is 0.768. The van der Waals surface area contributed by atoms with Gasteiger partial charge in [0.05, 0.1) is 22.9 Å². The maximum Gasteiger partial charge on any atom is 0.137 e. The van der Waals surface area contributed by atoms with Crippen molar-refractivity contribution in [2.75, 3.05) is 5.32 Å². The molecular formula is C15H13Cl2N3. The Kier molecular flexibility index (Phi) is 3.55. The van der Waals surface area contributed by atoms with E-state index in [9.17, 15) is 0 Å². The maximum atomic E-state index is 6.20. The van der Waals surface area contributed by atoms with Gasteiger partial charge in [-0.15, -0.1) is 0 Å². The summed E-state index contributed by atoms with van der Waals surface area (Å²) in [5.74, 6) is 0. The summed E-state index contributed by atoms with van der Waals surface area (Å²) >= 11 is 12.3. The number of nitrogens with one attached hydrogen (secondary N) is 1. The van der Waals surface area contributed by atoms with Crippen LogP contribution in [0.15, 0.2) is 42.7 Å². The topological polar surface area (TPSA) is 29.3 Å². The van der Waals surface area contributed by atoms with Crippen LogP contribution in [-0.2, 0) is 6.54 Å². The monoisotopic (exact) mass is 305 g/mol. The van der Waals surface area contributed by atoms with E-state index in [1.54, 1.807) is 0 Å². The van der Waals surface area contributed by atoms with Crippen LogP contribution in [0.5, 0.6) is 0 Å². The Hall–Kier alpha value is -1.71. The van der Waals surface area contributed by atoms with E-state index >= 15 is 0 Å². The van der Waals surface area contributed by atoms with Gasteiger partial charge in [0, 0.05) is 17.4 Å². The Morgan fingerprint density at radius 1 is 1.20 bits per heavy atom. The third-order valence-electron chi connectivity index (χ3n) is 3.12. The van der Waals surface area contributed by atoms with Gasteiger partial charge in [0.2, 0.25) is 0 Å². The Bertz CT molecular complexity index is 732. The lowest BCUT2D eigenvalue weighted by atomic mass is 10.2. The van der Waals surface area contributed by atoms with Crippen LogP contribution in [0.2, 0.25) is 10.0 Å². The van der Waals surface area contributed by atoms with Crippen LogP contribution in [-0.4, -0.2) is 9.38 Å². The zero-order valence-corrected chi connectivity index (χ0v) is 12.4. The van der Waals surface area contributed by atoms with Crippen LogP contribution in [0.1, 0.15) is 11.3 Å². The minimum Gasteiger partial charge on any atom is -0.378 e. The minimum absolute atomic E-state index is 0.598. The number of rotatable bonds is 3. The Morgan fingerprint density at radius 2 is 2.05 bits per heavy atom. The van der Waals surface area contributed by atoms with E-state index in [0.29, 0.717) is 16.6 Å². The van der Waals surface area contributed by atoms with E-state index in [4.69, 9.17) is 23.2 Å². The average Bonchev–Trinajstić information content (AvgIpc) is 2.84.